The summed E-state index contributed by atoms with van der Waals surface area (Å²) in [6, 6.07) is 8.71. The second-order valence-corrected chi connectivity index (χ2v) is 6.98. The number of carbonyl (C=O) groups is 2. The number of hydrogen-bond donors (Lipinski definition) is 1. The number of benzene rings is 1. The van der Waals surface area contributed by atoms with Crippen molar-refractivity contribution in [1.82, 2.24) is 4.98 Å². The van der Waals surface area contributed by atoms with E-state index in [2.05, 4.69) is 10.3 Å². The number of nitriles is 1. The fourth-order valence-electron chi connectivity index (χ4n) is 2.19. The van der Waals surface area contributed by atoms with E-state index in [1.165, 1.54) is 6.07 Å². The van der Waals surface area contributed by atoms with Gasteiger partial charge < -0.3 is 10.1 Å². The monoisotopic (exact) mass is 403 g/mol. The fraction of sp³-hybridized carbons (Fsp3) is 0.263. The summed E-state index contributed by atoms with van der Waals surface area (Å²) in [5.74, 6) is -0.715. The summed E-state index contributed by atoms with van der Waals surface area (Å²) < 4.78 is 4.96. The van der Waals surface area contributed by atoms with Crippen LogP contribution in [0.4, 0.5) is 5.69 Å². The standard InChI is InChI=1S/C19H18ClN3O3S/c1-4-26-19(25)15-7-13(9-21)18(22-12(15)3)27-10-17(24)23-14-6-5-11(2)16(20)8-14/h5-8H,4,10H2,1-3H3,(H,23,24). The third-order valence-electron chi connectivity index (χ3n) is 3.59. The van der Waals surface area contributed by atoms with Crippen LogP contribution in [0.2, 0.25) is 5.02 Å². The molecule has 0 radical (unpaired) electrons. The molecule has 1 N–H and O–H groups in total. The van der Waals surface area contributed by atoms with E-state index >= 15 is 0 Å². The molecule has 0 aliphatic rings. The van der Waals surface area contributed by atoms with Crippen LogP contribution in [0.3, 0.4) is 0 Å². The van der Waals surface area contributed by atoms with Gasteiger partial charge in [0.25, 0.3) is 0 Å². The number of esters is 1. The molecule has 8 heteroatoms. The summed E-state index contributed by atoms with van der Waals surface area (Å²) in [7, 11) is 0. The van der Waals surface area contributed by atoms with Crippen molar-refractivity contribution in [1.29, 1.82) is 5.26 Å². The van der Waals surface area contributed by atoms with Gasteiger partial charge in [0.2, 0.25) is 5.91 Å². The number of rotatable bonds is 6. The molecule has 140 valence electrons. The van der Waals surface area contributed by atoms with Crippen LogP contribution in [-0.4, -0.2) is 29.2 Å². The van der Waals surface area contributed by atoms with Gasteiger partial charge in [0, 0.05) is 10.7 Å². The van der Waals surface area contributed by atoms with E-state index < -0.39 is 5.97 Å². The number of anilines is 1. The Morgan fingerprint density at radius 1 is 1.33 bits per heavy atom. The topological polar surface area (TPSA) is 92.1 Å². The van der Waals surface area contributed by atoms with E-state index in [9.17, 15) is 14.9 Å². The first-order chi connectivity index (χ1) is 12.8. The van der Waals surface area contributed by atoms with Gasteiger partial charge in [0.15, 0.2) is 0 Å². The largest absolute Gasteiger partial charge is 0.462 e. The molecule has 0 spiro atoms. The summed E-state index contributed by atoms with van der Waals surface area (Å²) in [6.45, 7) is 5.47. The number of pyridine rings is 1. The average molecular weight is 404 g/mol. The van der Waals surface area contributed by atoms with E-state index in [1.54, 1.807) is 26.0 Å². The van der Waals surface area contributed by atoms with Gasteiger partial charge in [-0.3, -0.25) is 4.79 Å². The molecule has 0 saturated heterocycles. The number of carbonyl (C=O) groups excluding carboxylic acids is 2. The molecule has 0 aliphatic carbocycles. The Morgan fingerprint density at radius 3 is 2.70 bits per heavy atom. The molecule has 1 aromatic carbocycles. The van der Waals surface area contributed by atoms with Crippen LogP contribution in [0, 0.1) is 25.2 Å². The average Bonchev–Trinajstić information content (AvgIpc) is 2.63. The Bertz CT molecular complexity index is 925. The molecule has 0 unspecified atom stereocenters. The molecule has 0 saturated carbocycles. The minimum Gasteiger partial charge on any atom is -0.462 e. The van der Waals surface area contributed by atoms with Crippen LogP contribution in [0.15, 0.2) is 29.3 Å². The first kappa shape index (κ1) is 20.7. The maximum Gasteiger partial charge on any atom is 0.340 e. The predicted octanol–water partition coefficient (Wildman–Crippen LogP) is 4.13. The third-order valence-corrected chi connectivity index (χ3v) is 4.99. The highest BCUT2D eigenvalue weighted by Gasteiger charge is 2.17. The van der Waals surface area contributed by atoms with Crippen molar-refractivity contribution in [3.63, 3.8) is 0 Å². The minimum atomic E-state index is -0.524. The lowest BCUT2D eigenvalue weighted by molar-refractivity contribution is -0.113. The van der Waals surface area contributed by atoms with E-state index in [0.717, 1.165) is 17.3 Å². The van der Waals surface area contributed by atoms with Crippen LogP contribution < -0.4 is 5.32 Å². The summed E-state index contributed by atoms with van der Waals surface area (Å²) in [6.07, 6.45) is 0. The molecule has 2 aromatic rings. The van der Waals surface area contributed by atoms with E-state index in [1.807, 2.05) is 19.1 Å². The summed E-state index contributed by atoms with van der Waals surface area (Å²) in [5.41, 5.74) is 2.43. The number of aryl methyl sites for hydroxylation is 2. The fourth-order valence-corrected chi connectivity index (χ4v) is 3.17. The van der Waals surface area contributed by atoms with Crippen molar-refractivity contribution in [2.45, 2.75) is 25.8 Å². The number of halogens is 1. The zero-order valence-electron chi connectivity index (χ0n) is 15.1. The van der Waals surface area contributed by atoms with E-state index in [-0.39, 0.29) is 29.4 Å². The molecule has 27 heavy (non-hydrogen) atoms. The van der Waals surface area contributed by atoms with Crippen LogP contribution >= 0.6 is 23.4 Å². The van der Waals surface area contributed by atoms with Gasteiger partial charge >= 0.3 is 5.97 Å². The number of aromatic nitrogens is 1. The molecule has 2 rings (SSSR count). The molecule has 0 bridgehead atoms. The minimum absolute atomic E-state index is 0.0609. The summed E-state index contributed by atoms with van der Waals surface area (Å²) in [4.78, 5) is 28.4. The van der Waals surface area contributed by atoms with Gasteiger partial charge in [-0.25, -0.2) is 9.78 Å². The molecular formula is C19H18ClN3O3S. The highest BCUT2D eigenvalue weighted by molar-refractivity contribution is 8.00. The molecule has 1 aromatic heterocycles. The van der Waals surface area contributed by atoms with Crippen LogP contribution in [-0.2, 0) is 9.53 Å². The zero-order valence-corrected chi connectivity index (χ0v) is 16.7. The molecule has 0 aliphatic heterocycles. The Balaban J connectivity index is 2.09. The van der Waals surface area contributed by atoms with Gasteiger partial charge in [-0.2, -0.15) is 5.26 Å². The number of nitrogens with one attached hydrogen (secondary N) is 1. The van der Waals surface area contributed by atoms with E-state index in [4.69, 9.17) is 16.3 Å². The third kappa shape index (κ3) is 5.46. The number of ether oxygens (including phenoxy) is 1. The zero-order chi connectivity index (χ0) is 20.0. The van der Waals surface area contributed by atoms with Crippen molar-refractivity contribution in [3.8, 4) is 6.07 Å². The number of thioether (sulfide) groups is 1. The highest BCUT2D eigenvalue weighted by atomic mass is 35.5. The van der Waals surface area contributed by atoms with Gasteiger partial charge in [-0.1, -0.05) is 29.4 Å². The SMILES string of the molecule is CCOC(=O)c1cc(C#N)c(SCC(=O)Nc2ccc(C)c(Cl)c2)nc1C. The first-order valence-corrected chi connectivity index (χ1v) is 9.49. The van der Waals surface area contributed by atoms with Crippen molar-refractivity contribution < 1.29 is 14.3 Å². The Labute approximate surface area is 166 Å². The first-order valence-electron chi connectivity index (χ1n) is 8.13. The second-order valence-electron chi connectivity index (χ2n) is 5.61. The maximum absolute atomic E-state index is 12.2. The van der Waals surface area contributed by atoms with Crippen molar-refractivity contribution in [2.75, 3.05) is 17.7 Å². The van der Waals surface area contributed by atoms with Crippen molar-refractivity contribution in [2.24, 2.45) is 0 Å². The van der Waals surface area contributed by atoms with E-state index in [0.29, 0.717) is 21.4 Å². The number of nitrogens with zero attached hydrogens (tertiary/aromatic N) is 2. The lowest BCUT2D eigenvalue weighted by Crippen LogP contribution is -2.15. The molecular weight excluding hydrogens is 386 g/mol. The van der Waals surface area contributed by atoms with Crippen molar-refractivity contribution in [3.05, 3.63) is 51.7 Å². The number of amides is 1. The molecule has 1 amide bonds. The lowest BCUT2D eigenvalue weighted by atomic mass is 10.1. The summed E-state index contributed by atoms with van der Waals surface area (Å²) in [5, 5.41) is 13.0. The molecule has 1 heterocycles. The Hall–Kier alpha value is -2.56. The highest BCUT2D eigenvalue weighted by Crippen LogP contribution is 2.24. The van der Waals surface area contributed by atoms with Crippen molar-refractivity contribution >= 4 is 40.9 Å². The van der Waals surface area contributed by atoms with Gasteiger partial charge in [-0.15, -0.1) is 0 Å². The van der Waals surface area contributed by atoms with Crippen LogP contribution in [0.25, 0.3) is 0 Å². The molecule has 0 fully saturated rings. The van der Waals surface area contributed by atoms with Gasteiger partial charge in [-0.05, 0) is 44.5 Å². The summed E-state index contributed by atoms with van der Waals surface area (Å²) >= 11 is 7.17. The van der Waals surface area contributed by atoms with Gasteiger partial charge in [0.05, 0.1) is 29.2 Å². The second kappa shape index (κ2) is 9.40. The molecule has 6 nitrogen and oxygen atoms in total. The number of hydrogen-bond acceptors (Lipinski definition) is 6. The Kier molecular flexibility index (Phi) is 7.22. The smallest absolute Gasteiger partial charge is 0.340 e. The lowest BCUT2D eigenvalue weighted by Gasteiger charge is -2.10. The van der Waals surface area contributed by atoms with Gasteiger partial charge in [0.1, 0.15) is 11.1 Å². The predicted molar refractivity (Wildman–Crippen MR) is 105 cm³/mol. The van der Waals surface area contributed by atoms with Crippen LogP contribution in [0.5, 0.6) is 0 Å². The maximum atomic E-state index is 12.2. The van der Waals surface area contributed by atoms with Crippen LogP contribution in [0.1, 0.15) is 34.1 Å². The molecule has 0 atom stereocenters. The quantitative estimate of drug-likeness (QED) is 0.575. The Morgan fingerprint density at radius 2 is 2.07 bits per heavy atom. The normalized spacial score (nSPS) is 10.2.